The lowest BCUT2D eigenvalue weighted by atomic mass is 10.2. The van der Waals surface area contributed by atoms with Crippen molar-refractivity contribution in [2.75, 3.05) is 11.9 Å². The van der Waals surface area contributed by atoms with E-state index in [9.17, 15) is 18.7 Å². The van der Waals surface area contributed by atoms with Crippen molar-refractivity contribution in [1.82, 2.24) is 14.9 Å². The SMILES string of the molecule is CC(O)CONC(=O)c1cc(F)c2cncn2c1Nc1ccc(Br)cc1F. The molecule has 142 valence electrons. The zero-order valence-electron chi connectivity index (χ0n) is 14.0. The number of aromatic nitrogens is 2. The van der Waals surface area contributed by atoms with Crippen molar-refractivity contribution >= 4 is 38.9 Å². The number of benzene rings is 1. The van der Waals surface area contributed by atoms with Gasteiger partial charge >= 0.3 is 0 Å². The van der Waals surface area contributed by atoms with Gasteiger partial charge in [-0.2, -0.15) is 0 Å². The molecule has 10 heteroatoms. The number of nitrogens with zero attached hydrogens (tertiary/aromatic N) is 2. The Labute approximate surface area is 161 Å². The van der Waals surface area contributed by atoms with Crippen molar-refractivity contribution in [1.29, 1.82) is 0 Å². The molecule has 0 fully saturated rings. The Morgan fingerprint density at radius 2 is 2.15 bits per heavy atom. The summed E-state index contributed by atoms with van der Waals surface area (Å²) in [6, 6.07) is 5.34. The predicted molar refractivity (Wildman–Crippen MR) is 97.6 cm³/mol. The first-order valence-corrected chi connectivity index (χ1v) is 8.63. The monoisotopic (exact) mass is 440 g/mol. The number of hydrogen-bond donors (Lipinski definition) is 3. The van der Waals surface area contributed by atoms with Crippen LogP contribution >= 0.6 is 15.9 Å². The van der Waals surface area contributed by atoms with Crippen molar-refractivity contribution in [2.45, 2.75) is 13.0 Å². The van der Waals surface area contributed by atoms with Crippen molar-refractivity contribution in [3.8, 4) is 0 Å². The Balaban J connectivity index is 2.02. The normalized spacial score (nSPS) is 12.2. The van der Waals surface area contributed by atoms with E-state index in [0.29, 0.717) is 4.47 Å². The predicted octanol–water partition coefficient (Wildman–Crippen LogP) is 3.16. The summed E-state index contributed by atoms with van der Waals surface area (Å²) in [6.07, 6.45) is 1.78. The fourth-order valence-electron chi connectivity index (χ4n) is 2.35. The molecular formula is C17H15BrF2N4O3. The van der Waals surface area contributed by atoms with E-state index in [-0.39, 0.29) is 29.2 Å². The van der Waals surface area contributed by atoms with Crippen LogP contribution in [0.4, 0.5) is 20.3 Å². The average molecular weight is 441 g/mol. The summed E-state index contributed by atoms with van der Waals surface area (Å²) < 4.78 is 30.4. The zero-order chi connectivity index (χ0) is 19.6. The van der Waals surface area contributed by atoms with Gasteiger partial charge in [-0.15, -0.1) is 0 Å². The van der Waals surface area contributed by atoms with Crippen LogP contribution in [0.1, 0.15) is 17.3 Å². The van der Waals surface area contributed by atoms with Gasteiger partial charge in [0.2, 0.25) is 0 Å². The summed E-state index contributed by atoms with van der Waals surface area (Å²) in [5, 5.41) is 12.0. The maximum absolute atomic E-state index is 14.3. The van der Waals surface area contributed by atoms with Gasteiger partial charge in [0, 0.05) is 4.47 Å². The molecule has 2 aromatic heterocycles. The fraction of sp³-hybridized carbons (Fsp3) is 0.176. The number of aliphatic hydroxyl groups is 1. The minimum absolute atomic E-state index is 0.0822. The lowest BCUT2D eigenvalue weighted by Gasteiger charge is -2.16. The van der Waals surface area contributed by atoms with Crippen LogP contribution in [0.15, 0.2) is 41.3 Å². The van der Waals surface area contributed by atoms with Crippen molar-refractivity contribution in [3.63, 3.8) is 0 Å². The van der Waals surface area contributed by atoms with Crippen LogP contribution in [0.2, 0.25) is 0 Å². The molecule has 0 aliphatic heterocycles. The molecule has 1 unspecified atom stereocenters. The number of imidazole rings is 1. The number of hydrogen-bond acceptors (Lipinski definition) is 5. The van der Waals surface area contributed by atoms with Gasteiger partial charge in [-0.25, -0.2) is 19.2 Å². The smallest absolute Gasteiger partial charge is 0.278 e. The second-order valence-corrected chi connectivity index (χ2v) is 6.66. The molecule has 1 aromatic carbocycles. The molecule has 3 N–H and O–H groups in total. The van der Waals surface area contributed by atoms with Gasteiger partial charge in [-0.3, -0.25) is 14.0 Å². The highest BCUT2D eigenvalue weighted by Crippen LogP contribution is 2.28. The van der Waals surface area contributed by atoms with E-state index in [2.05, 4.69) is 31.7 Å². The van der Waals surface area contributed by atoms with Crippen LogP contribution in [-0.4, -0.2) is 33.1 Å². The number of pyridine rings is 1. The van der Waals surface area contributed by atoms with E-state index >= 15 is 0 Å². The fourth-order valence-corrected chi connectivity index (χ4v) is 2.68. The summed E-state index contributed by atoms with van der Waals surface area (Å²) >= 11 is 3.17. The van der Waals surface area contributed by atoms with E-state index in [0.717, 1.165) is 6.07 Å². The first-order valence-electron chi connectivity index (χ1n) is 7.83. The van der Waals surface area contributed by atoms with Crippen LogP contribution in [0.5, 0.6) is 0 Å². The molecule has 0 spiro atoms. The van der Waals surface area contributed by atoms with Gasteiger partial charge in [0.1, 0.15) is 35.9 Å². The van der Waals surface area contributed by atoms with Crippen LogP contribution in [0.25, 0.3) is 5.52 Å². The number of amides is 1. The van der Waals surface area contributed by atoms with Crippen LogP contribution in [-0.2, 0) is 4.84 Å². The number of aliphatic hydroxyl groups excluding tert-OH is 1. The molecule has 2 heterocycles. The maximum atomic E-state index is 14.3. The molecule has 3 rings (SSSR count). The average Bonchev–Trinajstić information content (AvgIpc) is 3.09. The lowest BCUT2D eigenvalue weighted by molar-refractivity contribution is -0.00686. The van der Waals surface area contributed by atoms with E-state index in [1.807, 2.05) is 0 Å². The Bertz CT molecular complexity index is 994. The lowest BCUT2D eigenvalue weighted by Crippen LogP contribution is -2.28. The zero-order valence-corrected chi connectivity index (χ0v) is 15.6. The van der Waals surface area contributed by atoms with E-state index < -0.39 is 23.6 Å². The minimum Gasteiger partial charge on any atom is -0.391 e. The van der Waals surface area contributed by atoms with Crippen molar-refractivity contribution < 1.29 is 23.5 Å². The molecule has 3 aromatic rings. The maximum Gasteiger partial charge on any atom is 0.278 e. The van der Waals surface area contributed by atoms with Gasteiger partial charge in [0.25, 0.3) is 5.91 Å². The molecule has 27 heavy (non-hydrogen) atoms. The van der Waals surface area contributed by atoms with Gasteiger partial charge in [0.05, 0.1) is 23.6 Å². The number of anilines is 2. The standard InChI is InChI=1S/C17H15BrF2N4O3/c1-9(25)7-27-23-17(26)11-5-13(20)15-6-21-8-24(15)16(11)22-14-3-2-10(18)4-12(14)19/h2-6,8-9,22,25H,7H2,1H3,(H,23,26). The highest BCUT2D eigenvalue weighted by Gasteiger charge is 2.20. The number of nitrogens with one attached hydrogen (secondary N) is 2. The molecule has 0 bridgehead atoms. The number of carbonyl (C=O) groups is 1. The molecule has 0 radical (unpaired) electrons. The molecule has 0 aliphatic carbocycles. The number of halogens is 3. The Morgan fingerprint density at radius 3 is 2.85 bits per heavy atom. The highest BCUT2D eigenvalue weighted by molar-refractivity contribution is 9.10. The van der Waals surface area contributed by atoms with Crippen LogP contribution < -0.4 is 10.8 Å². The second kappa shape index (κ2) is 7.99. The number of carbonyl (C=O) groups excluding carboxylic acids is 1. The topological polar surface area (TPSA) is 87.9 Å². The van der Waals surface area contributed by atoms with Crippen molar-refractivity contribution in [2.24, 2.45) is 0 Å². The van der Waals surface area contributed by atoms with Gasteiger partial charge < -0.3 is 10.4 Å². The summed E-state index contributed by atoms with van der Waals surface area (Å²) in [5.74, 6) is -1.93. The molecule has 7 nitrogen and oxygen atoms in total. The third-order valence-corrected chi connectivity index (χ3v) is 4.06. The third-order valence-electron chi connectivity index (χ3n) is 3.57. The number of hydroxylamine groups is 1. The summed E-state index contributed by atoms with van der Waals surface area (Å²) in [6.45, 7) is 1.33. The first kappa shape index (κ1) is 19.2. The van der Waals surface area contributed by atoms with Gasteiger partial charge in [-0.05, 0) is 31.2 Å². The van der Waals surface area contributed by atoms with E-state index in [4.69, 9.17) is 4.84 Å². The minimum atomic E-state index is -0.798. The Hall–Kier alpha value is -2.56. The van der Waals surface area contributed by atoms with E-state index in [1.54, 1.807) is 6.07 Å². The van der Waals surface area contributed by atoms with Gasteiger partial charge in [-0.1, -0.05) is 15.9 Å². The summed E-state index contributed by atoms with van der Waals surface area (Å²) in [7, 11) is 0. The third kappa shape index (κ3) is 4.24. The van der Waals surface area contributed by atoms with Crippen LogP contribution in [0.3, 0.4) is 0 Å². The van der Waals surface area contributed by atoms with E-state index in [1.165, 1.54) is 36.0 Å². The quantitative estimate of drug-likeness (QED) is 0.512. The number of rotatable bonds is 6. The molecule has 0 aliphatic rings. The van der Waals surface area contributed by atoms with Gasteiger partial charge in [0.15, 0.2) is 0 Å². The first-order chi connectivity index (χ1) is 12.9. The number of fused-ring (bicyclic) bond motifs is 1. The molecular weight excluding hydrogens is 426 g/mol. The van der Waals surface area contributed by atoms with Crippen LogP contribution in [0, 0.1) is 11.6 Å². The largest absolute Gasteiger partial charge is 0.391 e. The Kier molecular flexibility index (Phi) is 5.68. The Morgan fingerprint density at radius 1 is 1.37 bits per heavy atom. The van der Waals surface area contributed by atoms with Crippen molar-refractivity contribution in [3.05, 3.63) is 58.5 Å². The molecule has 1 atom stereocenters. The second-order valence-electron chi connectivity index (χ2n) is 5.74. The summed E-state index contributed by atoms with van der Waals surface area (Å²) in [5.41, 5.74) is 2.18. The highest BCUT2D eigenvalue weighted by atomic mass is 79.9. The summed E-state index contributed by atoms with van der Waals surface area (Å²) in [4.78, 5) is 21.2. The molecule has 1 amide bonds. The molecule has 0 saturated carbocycles. The molecule has 0 saturated heterocycles.